The van der Waals surface area contributed by atoms with Crippen molar-refractivity contribution >= 4 is 17.3 Å². The van der Waals surface area contributed by atoms with Gasteiger partial charge >= 0.3 is 0 Å². The van der Waals surface area contributed by atoms with E-state index in [4.69, 9.17) is 9.47 Å². The molecule has 28 heavy (non-hydrogen) atoms. The van der Waals surface area contributed by atoms with Crippen LogP contribution in [0.1, 0.15) is 30.4 Å². The number of aliphatic hydroxyl groups excluding tert-OH is 1. The molecular formula is C21H31N3O3S. The van der Waals surface area contributed by atoms with Crippen molar-refractivity contribution in [3.63, 3.8) is 0 Å². The van der Waals surface area contributed by atoms with Gasteiger partial charge in [0.1, 0.15) is 11.5 Å². The zero-order valence-corrected chi connectivity index (χ0v) is 17.9. The summed E-state index contributed by atoms with van der Waals surface area (Å²) in [5, 5.41) is 19.2. The van der Waals surface area contributed by atoms with Gasteiger partial charge in [-0.25, -0.2) is 0 Å². The largest absolute Gasteiger partial charge is 0.497 e. The van der Waals surface area contributed by atoms with E-state index in [1.807, 2.05) is 13.0 Å². The lowest BCUT2D eigenvalue weighted by Gasteiger charge is -2.18. The molecule has 0 aliphatic rings. The molecule has 2 unspecified atom stereocenters. The molecule has 0 bridgehead atoms. The molecule has 2 aromatic rings. The van der Waals surface area contributed by atoms with Crippen LogP contribution in [-0.4, -0.2) is 44.9 Å². The third-order valence-electron chi connectivity index (χ3n) is 4.29. The molecule has 154 valence electrons. The number of ether oxygens (including phenoxy) is 2. The van der Waals surface area contributed by atoms with Crippen molar-refractivity contribution in [1.29, 1.82) is 0 Å². The van der Waals surface area contributed by atoms with Crippen LogP contribution in [0.3, 0.4) is 0 Å². The Bertz CT molecular complexity index is 735. The summed E-state index contributed by atoms with van der Waals surface area (Å²) in [5.41, 5.74) is 0.677. The van der Waals surface area contributed by atoms with Crippen LogP contribution in [0.2, 0.25) is 0 Å². The molecule has 0 amide bonds. The van der Waals surface area contributed by atoms with Gasteiger partial charge in [0.05, 0.1) is 20.3 Å². The lowest BCUT2D eigenvalue weighted by molar-refractivity contribution is 0.176. The Kier molecular flexibility index (Phi) is 9.10. The van der Waals surface area contributed by atoms with Gasteiger partial charge in [0.25, 0.3) is 0 Å². The second-order valence-corrected chi connectivity index (χ2v) is 7.65. The first kappa shape index (κ1) is 22.0. The summed E-state index contributed by atoms with van der Waals surface area (Å²) in [6.45, 7) is 6.00. The summed E-state index contributed by atoms with van der Waals surface area (Å²) < 4.78 is 10.6. The average molecular weight is 406 g/mol. The van der Waals surface area contributed by atoms with E-state index in [9.17, 15) is 5.11 Å². The van der Waals surface area contributed by atoms with Crippen molar-refractivity contribution in [1.82, 2.24) is 10.6 Å². The lowest BCUT2D eigenvalue weighted by Crippen LogP contribution is -2.39. The number of methoxy groups -OCH3 is 2. The number of rotatable bonds is 10. The third kappa shape index (κ3) is 6.73. The molecule has 0 fully saturated rings. The van der Waals surface area contributed by atoms with Crippen LogP contribution in [0.5, 0.6) is 11.5 Å². The number of nitrogens with one attached hydrogen (secondary N) is 2. The van der Waals surface area contributed by atoms with Crippen LogP contribution >= 0.6 is 11.3 Å². The Balaban J connectivity index is 1.96. The minimum absolute atomic E-state index is 0.314. The van der Waals surface area contributed by atoms with Crippen LogP contribution < -0.4 is 20.1 Å². The molecule has 2 rings (SSSR count). The number of guanidine groups is 1. The predicted molar refractivity (Wildman–Crippen MR) is 116 cm³/mol. The topological polar surface area (TPSA) is 75.1 Å². The molecule has 0 spiro atoms. The van der Waals surface area contributed by atoms with Crippen molar-refractivity contribution < 1.29 is 14.6 Å². The fourth-order valence-electron chi connectivity index (χ4n) is 2.83. The fourth-order valence-corrected chi connectivity index (χ4v) is 3.70. The maximum Gasteiger partial charge on any atom is 0.191 e. The number of thiophene rings is 1. The number of aliphatic hydroxyl groups is 1. The summed E-state index contributed by atoms with van der Waals surface area (Å²) in [7, 11) is 3.19. The maximum absolute atomic E-state index is 10.6. The van der Waals surface area contributed by atoms with Crippen LogP contribution in [0.4, 0.5) is 0 Å². The Morgan fingerprint density at radius 2 is 2.04 bits per heavy atom. The van der Waals surface area contributed by atoms with E-state index in [0.29, 0.717) is 42.0 Å². The fraction of sp³-hybridized carbons (Fsp3) is 0.476. The van der Waals surface area contributed by atoms with Gasteiger partial charge in [-0.3, -0.25) is 4.99 Å². The van der Waals surface area contributed by atoms with Crippen molar-refractivity contribution in [3.05, 3.63) is 46.2 Å². The van der Waals surface area contributed by atoms with Gasteiger partial charge in [-0.15, -0.1) is 11.3 Å². The highest BCUT2D eigenvalue weighted by Gasteiger charge is 2.15. The minimum atomic E-state index is -0.752. The molecular weight excluding hydrogens is 374 g/mol. The van der Waals surface area contributed by atoms with Gasteiger partial charge in [0.2, 0.25) is 0 Å². The normalized spacial score (nSPS) is 13.7. The summed E-state index contributed by atoms with van der Waals surface area (Å²) in [5.74, 6) is 2.44. The van der Waals surface area contributed by atoms with Crippen molar-refractivity contribution in [2.45, 2.75) is 26.4 Å². The van der Waals surface area contributed by atoms with Gasteiger partial charge in [-0.05, 0) is 48.9 Å². The number of hydrogen-bond donors (Lipinski definition) is 3. The number of benzene rings is 1. The summed E-state index contributed by atoms with van der Waals surface area (Å²) >= 11 is 1.78. The molecule has 2 atom stereocenters. The van der Waals surface area contributed by atoms with E-state index in [1.54, 1.807) is 37.7 Å². The highest BCUT2D eigenvalue weighted by atomic mass is 32.1. The molecule has 0 aliphatic carbocycles. The monoisotopic (exact) mass is 405 g/mol. The summed E-state index contributed by atoms with van der Waals surface area (Å²) in [6, 6.07) is 9.63. The minimum Gasteiger partial charge on any atom is -0.497 e. The quantitative estimate of drug-likeness (QED) is 0.418. The molecule has 1 heterocycles. The molecule has 1 aromatic heterocycles. The Morgan fingerprint density at radius 1 is 1.21 bits per heavy atom. The molecule has 1 aromatic carbocycles. The highest BCUT2D eigenvalue weighted by Crippen LogP contribution is 2.29. The first-order valence-corrected chi connectivity index (χ1v) is 10.4. The molecule has 0 aliphatic heterocycles. The molecule has 7 heteroatoms. The lowest BCUT2D eigenvalue weighted by atomic mass is 10.1. The Morgan fingerprint density at radius 3 is 2.68 bits per heavy atom. The van der Waals surface area contributed by atoms with Crippen molar-refractivity contribution in [2.24, 2.45) is 10.9 Å². The SMILES string of the molecule is CCNC(=NCC(C)Cc1cccs1)NCC(O)c1cc(OC)ccc1OC. The molecule has 6 nitrogen and oxygen atoms in total. The van der Waals surface area contributed by atoms with E-state index in [0.717, 1.165) is 13.0 Å². The smallest absolute Gasteiger partial charge is 0.191 e. The first-order chi connectivity index (χ1) is 13.6. The van der Waals surface area contributed by atoms with Gasteiger partial charge in [-0.2, -0.15) is 0 Å². The zero-order valence-electron chi connectivity index (χ0n) is 17.1. The summed E-state index contributed by atoms with van der Waals surface area (Å²) in [6.07, 6.45) is 0.266. The first-order valence-electron chi connectivity index (χ1n) is 9.51. The van der Waals surface area contributed by atoms with Gasteiger partial charge in [-0.1, -0.05) is 13.0 Å². The maximum atomic E-state index is 10.6. The van der Waals surface area contributed by atoms with E-state index >= 15 is 0 Å². The number of aliphatic imine (C=N–C) groups is 1. The van der Waals surface area contributed by atoms with E-state index in [1.165, 1.54) is 4.88 Å². The van der Waals surface area contributed by atoms with Crippen LogP contribution in [0, 0.1) is 5.92 Å². The molecule has 0 radical (unpaired) electrons. The van der Waals surface area contributed by atoms with Crippen molar-refractivity contribution in [3.8, 4) is 11.5 Å². The Hall–Kier alpha value is -2.25. The molecule has 3 N–H and O–H groups in total. The second-order valence-electron chi connectivity index (χ2n) is 6.61. The summed E-state index contributed by atoms with van der Waals surface area (Å²) in [4.78, 5) is 6.04. The third-order valence-corrected chi connectivity index (χ3v) is 5.19. The van der Waals surface area contributed by atoms with Crippen LogP contribution in [0.25, 0.3) is 0 Å². The highest BCUT2D eigenvalue weighted by molar-refractivity contribution is 7.09. The average Bonchev–Trinajstić information content (AvgIpc) is 3.22. The van der Waals surface area contributed by atoms with E-state index in [-0.39, 0.29) is 0 Å². The second kappa shape index (κ2) is 11.6. The molecule has 0 saturated heterocycles. The van der Waals surface area contributed by atoms with E-state index < -0.39 is 6.10 Å². The van der Waals surface area contributed by atoms with Gasteiger partial charge in [0, 0.05) is 30.1 Å². The zero-order chi connectivity index (χ0) is 20.4. The molecule has 0 saturated carbocycles. The number of nitrogens with zero attached hydrogens (tertiary/aromatic N) is 1. The van der Waals surface area contributed by atoms with E-state index in [2.05, 4.69) is 40.1 Å². The standard InChI is InChI=1S/C21H31N3O3S/c1-5-22-21(23-13-15(2)11-17-7-6-10-28-17)24-14-19(25)18-12-16(26-3)8-9-20(18)27-4/h6-10,12,15,19,25H,5,11,13-14H2,1-4H3,(H2,22,23,24). The van der Waals surface area contributed by atoms with Gasteiger partial charge < -0.3 is 25.2 Å². The number of hydrogen-bond acceptors (Lipinski definition) is 5. The van der Waals surface area contributed by atoms with Crippen LogP contribution in [-0.2, 0) is 6.42 Å². The van der Waals surface area contributed by atoms with Gasteiger partial charge in [0.15, 0.2) is 5.96 Å². The Labute approximate surface area is 171 Å². The van der Waals surface area contributed by atoms with Crippen LogP contribution in [0.15, 0.2) is 40.7 Å². The van der Waals surface area contributed by atoms with Crippen molar-refractivity contribution in [2.75, 3.05) is 33.9 Å². The predicted octanol–water partition coefficient (Wildman–Crippen LogP) is 3.23.